The minimum Gasteiger partial charge on any atom is -0.244 e. The second kappa shape index (κ2) is 3.42. The molecule has 0 unspecified atom stereocenters. The highest BCUT2D eigenvalue weighted by molar-refractivity contribution is 6.35. The Morgan fingerprint density at radius 3 is 2.62 bits per heavy atom. The van der Waals surface area contributed by atoms with Crippen LogP contribution in [-0.2, 0) is 0 Å². The van der Waals surface area contributed by atoms with Gasteiger partial charge in [0.2, 0.25) is 0 Å². The molecule has 0 fully saturated rings. The van der Waals surface area contributed by atoms with Crippen molar-refractivity contribution in [3.63, 3.8) is 0 Å². The number of pyridine rings is 1. The van der Waals surface area contributed by atoms with E-state index in [4.69, 9.17) is 11.6 Å². The maximum Gasteiger partial charge on any atom is 0.136 e. The van der Waals surface area contributed by atoms with Crippen LogP contribution in [0.15, 0.2) is 42.6 Å². The Kier molecular flexibility index (Phi) is 2.04. The topological polar surface area (TPSA) is 12.9 Å². The lowest BCUT2D eigenvalue weighted by molar-refractivity contribution is 0.630. The molecular weight excluding hydrogens is 225 g/mol. The van der Waals surface area contributed by atoms with Crippen molar-refractivity contribution in [2.75, 3.05) is 0 Å². The molecule has 0 atom stereocenters. The van der Waals surface area contributed by atoms with Gasteiger partial charge in [-0.05, 0) is 34.4 Å². The summed E-state index contributed by atoms with van der Waals surface area (Å²) in [5.74, 6) is -0.243. The summed E-state index contributed by atoms with van der Waals surface area (Å²) in [5.41, 5.74) is 0. The van der Waals surface area contributed by atoms with Gasteiger partial charge in [-0.1, -0.05) is 29.8 Å². The van der Waals surface area contributed by atoms with Gasteiger partial charge in [-0.15, -0.1) is 0 Å². The Morgan fingerprint density at radius 1 is 0.938 bits per heavy atom. The van der Waals surface area contributed by atoms with Crippen LogP contribution in [0.2, 0.25) is 5.15 Å². The first-order valence-corrected chi connectivity index (χ1v) is 5.26. The normalized spacial score (nSPS) is 11.1. The van der Waals surface area contributed by atoms with Gasteiger partial charge in [0.25, 0.3) is 0 Å². The van der Waals surface area contributed by atoms with Crippen molar-refractivity contribution in [2.45, 2.75) is 0 Å². The highest BCUT2D eigenvalue weighted by atomic mass is 35.5. The smallest absolute Gasteiger partial charge is 0.136 e. The van der Waals surface area contributed by atoms with E-state index in [1.807, 2.05) is 18.2 Å². The van der Waals surface area contributed by atoms with Crippen LogP contribution in [0.4, 0.5) is 4.39 Å². The molecule has 78 valence electrons. The van der Waals surface area contributed by atoms with Crippen LogP contribution in [-0.4, -0.2) is 4.98 Å². The highest BCUT2D eigenvalue weighted by Gasteiger charge is 2.04. The monoisotopic (exact) mass is 231 g/mol. The van der Waals surface area contributed by atoms with Gasteiger partial charge in [0.1, 0.15) is 11.0 Å². The van der Waals surface area contributed by atoms with E-state index in [0.717, 1.165) is 21.5 Å². The minimum absolute atomic E-state index is 0.243. The molecule has 16 heavy (non-hydrogen) atoms. The molecule has 0 bridgehead atoms. The summed E-state index contributed by atoms with van der Waals surface area (Å²) in [5, 5.41) is 4.08. The molecule has 0 N–H and O–H groups in total. The molecule has 1 heterocycles. The van der Waals surface area contributed by atoms with Crippen LogP contribution >= 0.6 is 11.6 Å². The molecule has 2 aromatic carbocycles. The van der Waals surface area contributed by atoms with Gasteiger partial charge in [-0.3, -0.25) is 0 Å². The van der Waals surface area contributed by atoms with E-state index in [9.17, 15) is 4.39 Å². The highest BCUT2D eigenvalue weighted by Crippen LogP contribution is 2.28. The molecule has 3 aromatic rings. The minimum atomic E-state index is -0.243. The Morgan fingerprint density at radius 2 is 1.75 bits per heavy atom. The molecule has 1 nitrogen and oxygen atoms in total. The van der Waals surface area contributed by atoms with Gasteiger partial charge < -0.3 is 0 Å². The third-order valence-electron chi connectivity index (χ3n) is 2.68. The van der Waals surface area contributed by atoms with Gasteiger partial charge in [-0.2, -0.15) is 0 Å². The van der Waals surface area contributed by atoms with Crippen LogP contribution in [0, 0.1) is 5.82 Å². The number of aromatic nitrogens is 1. The second-order valence-electron chi connectivity index (χ2n) is 3.63. The number of hydrogen-bond acceptors (Lipinski definition) is 1. The molecule has 0 aliphatic rings. The van der Waals surface area contributed by atoms with Gasteiger partial charge in [-0.25, -0.2) is 9.37 Å². The van der Waals surface area contributed by atoms with Crippen LogP contribution in [0.25, 0.3) is 21.5 Å². The van der Waals surface area contributed by atoms with Gasteiger partial charge in [0, 0.05) is 11.6 Å². The van der Waals surface area contributed by atoms with E-state index in [-0.39, 0.29) is 5.82 Å². The number of halogens is 2. The zero-order valence-corrected chi connectivity index (χ0v) is 9.00. The molecule has 0 spiro atoms. The van der Waals surface area contributed by atoms with Crippen molar-refractivity contribution in [3.8, 4) is 0 Å². The summed E-state index contributed by atoms with van der Waals surface area (Å²) in [7, 11) is 0. The zero-order chi connectivity index (χ0) is 11.1. The summed E-state index contributed by atoms with van der Waals surface area (Å²) >= 11 is 5.99. The van der Waals surface area contributed by atoms with Crippen LogP contribution in [0.1, 0.15) is 0 Å². The van der Waals surface area contributed by atoms with Crippen molar-refractivity contribution in [1.29, 1.82) is 0 Å². The Hall–Kier alpha value is -1.67. The summed E-state index contributed by atoms with van der Waals surface area (Å²) in [6.45, 7) is 0. The van der Waals surface area contributed by atoms with E-state index in [1.165, 1.54) is 12.1 Å². The first-order chi connectivity index (χ1) is 7.75. The average molecular weight is 232 g/mol. The maximum atomic E-state index is 13.2. The van der Waals surface area contributed by atoms with E-state index in [2.05, 4.69) is 4.98 Å². The van der Waals surface area contributed by atoms with Gasteiger partial charge in [0.05, 0.1) is 0 Å². The second-order valence-corrected chi connectivity index (χ2v) is 3.99. The third-order valence-corrected chi connectivity index (χ3v) is 2.98. The molecule has 0 amide bonds. The molecule has 0 aliphatic heterocycles. The summed E-state index contributed by atoms with van der Waals surface area (Å²) < 4.78 is 13.2. The maximum absolute atomic E-state index is 13.2. The fourth-order valence-electron chi connectivity index (χ4n) is 1.92. The van der Waals surface area contributed by atoms with E-state index < -0.39 is 0 Å². The SMILES string of the molecule is Fc1ccc2ccc3c(Cl)nccc3c2c1. The molecule has 0 aliphatic carbocycles. The number of rotatable bonds is 0. The average Bonchev–Trinajstić information content (AvgIpc) is 2.29. The number of fused-ring (bicyclic) bond motifs is 3. The summed E-state index contributed by atoms with van der Waals surface area (Å²) in [4.78, 5) is 4.01. The fraction of sp³-hybridized carbons (Fsp3) is 0. The van der Waals surface area contributed by atoms with Crippen molar-refractivity contribution < 1.29 is 4.39 Å². The van der Waals surface area contributed by atoms with Gasteiger partial charge in [0.15, 0.2) is 0 Å². The Labute approximate surface area is 96.5 Å². The van der Waals surface area contributed by atoms with Crippen LogP contribution < -0.4 is 0 Å². The predicted octanol–water partition coefficient (Wildman–Crippen LogP) is 4.18. The van der Waals surface area contributed by atoms with Gasteiger partial charge >= 0.3 is 0 Å². The predicted molar refractivity (Wildman–Crippen MR) is 64.2 cm³/mol. The fourth-order valence-corrected chi connectivity index (χ4v) is 2.14. The largest absolute Gasteiger partial charge is 0.244 e. The zero-order valence-electron chi connectivity index (χ0n) is 8.24. The van der Waals surface area contributed by atoms with E-state index in [0.29, 0.717) is 5.15 Å². The number of benzene rings is 2. The first-order valence-electron chi connectivity index (χ1n) is 4.88. The molecule has 3 rings (SSSR count). The molecule has 0 saturated heterocycles. The van der Waals surface area contributed by atoms with E-state index >= 15 is 0 Å². The summed E-state index contributed by atoms with van der Waals surface area (Å²) in [6, 6.07) is 10.4. The van der Waals surface area contributed by atoms with Crippen LogP contribution in [0.3, 0.4) is 0 Å². The summed E-state index contributed by atoms with van der Waals surface area (Å²) in [6.07, 6.45) is 1.63. The molecule has 1 aromatic heterocycles. The standard InChI is InChI=1S/C13H7ClFN/c14-13-11-4-2-8-1-3-9(15)7-12(8)10(11)5-6-16-13/h1-7H. The lowest BCUT2D eigenvalue weighted by Crippen LogP contribution is -1.82. The van der Waals surface area contributed by atoms with Crippen molar-refractivity contribution >= 4 is 33.1 Å². The van der Waals surface area contributed by atoms with Crippen molar-refractivity contribution in [1.82, 2.24) is 4.98 Å². The lowest BCUT2D eigenvalue weighted by atomic mass is 10.0. The Balaban J connectivity index is 2.58. The number of nitrogens with zero attached hydrogens (tertiary/aromatic N) is 1. The Bertz CT molecular complexity index is 694. The molecule has 0 saturated carbocycles. The third kappa shape index (κ3) is 1.34. The lowest BCUT2D eigenvalue weighted by Gasteiger charge is -2.04. The van der Waals surface area contributed by atoms with Crippen molar-refractivity contribution in [2.24, 2.45) is 0 Å². The quantitative estimate of drug-likeness (QED) is 0.418. The first kappa shape index (κ1) is 9.55. The number of hydrogen-bond donors (Lipinski definition) is 0. The molecule has 0 radical (unpaired) electrons. The van der Waals surface area contributed by atoms with Crippen LogP contribution in [0.5, 0.6) is 0 Å². The van der Waals surface area contributed by atoms with E-state index in [1.54, 1.807) is 12.3 Å². The molecule has 3 heteroatoms. The molecular formula is C13H7ClFN. The van der Waals surface area contributed by atoms with Crippen molar-refractivity contribution in [3.05, 3.63) is 53.6 Å².